The first kappa shape index (κ1) is 13.6. The molecule has 2 heterocycles. The Morgan fingerprint density at radius 3 is 2.78 bits per heavy atom. The molecule has 1 aliphatic rings. The summed E-state index contributed by atoms with van der Waals surface area (Å²) < 4.78 is 11.2. The predicted molar refractivity (Wildman–Crippen MR) is 70.1 cm³/mol. The molecule has 2 rings (SSSR count). The molecule has 0 amide bonds. The topological polar surface area (TPSA) is 44.2 Å². The standard InChI is InChI=1S/C13H19ClN2O2/c1-9(2)13-15-8-12(11(7-14)16-13)18-10-3-5-17-6-4-10/h8-10H,3-7H2,1-2H3. The lowest BCUT2D eigenvalue weighted by Crippen LogP contribution is -2.26. The van der Waals surface area contributed by atoms with Crippen molar-refractivity contribution in [3.8, 4) is 5.75 Å². The van der Waals surface area contributed by atoms with Gasteiger partial charge in [-0.25, -0.2) is 9.97 Å². The average molecular weight is 271 g/mol. The van der Waals surface area contributed by atoms with Crippen molar-refractivity contribution in [1.82, 2.24) is 9.97 Å². The Morgan fingerprint density at radius 1 is 1.44 bits per heavy atom. The summed E-state index contributed by atoms with van der Waals surface area (Å²) >= 11 is 5.93. The van der Waals surface area contributed by atoms with Crippen molar-refractivity contribution >= 4 is 11.6 Å². The highest BCUT2D eigenvalue weighted by Crippen LogP contribution is 2.23. The zero-order chi connectivity index (χ0) is 13.0. The Bertz CT molecular complexity index is 393. The van der Waals surface area contributed by atoms with Gasteiger partial charge in [0.1, 0.15) is 17.6 Å². The van der Waals surface area contributed by atoms with Crippen LogP contribution in [0.1, 0.15) is 44.1 Å². The van der Waals surface area contributed by atoms with Gasteiger partial charge in [0.15, 0.2) is 5.75 Å². The molecular formula is C13H19ClN2O2. The van der Waals surface area contributed by atoms with Gasteiger partial charge >= 0.3 is 0 Å². The zero-order valence-corrected chi connectivity index (χ0v) is 11.6. The maximum atomic E-state index is 5.93. The summed E-state index contributed by atoms with van der Waals surface area (Å²) in [6.07, 6.45) is 3.76. The number of hydrogen-bond donors (Lipinski definition) is 0. The number of hydrogen-bond acceptors (Lipinski definition) is 4. The maximum absolute atomic E-state index is 5.93. The van der Waals surface area contributed by atoms with E-state index in [9.17, 15) is 0 Å². The molecule has 1 aliphatic heterocycles. The highest BCUT2D eigenvalue weighted by molar-refractivity contribution is 6.17. The molecule has 5 heteroatoms. The minimum atomic E-state index is 0.189. The van der Waals surface area contributed by atoms with Gasteiger partial charge in [-0.05, 0) is 0 Å². The van der Waals surface area contributed by atoms with Gasteiger partial charge in [-0.15, -0.1) is 11.6 Å². The average Bonchev–Trinajstić information content (AvgIpc) is 2.40. The number of rotatable bonds is 4. The van der Waals surface area contributed by atoms with Crippen LogP contribution in [0.4, 0.5) is 0 Å². The SMILES string of the molecule is CC(C)c1ncc(OC2CCOCC2)c(CCl)n1. The fourth-order valence-corrected chi connectivity index (χ4v) is 2.06. The third-order valence-corrected chi connectivity index (χ3v) is 3.21. The first-order valence-electron chi connectivity index (χ1n) is 6.37. The van der Waals surface area contributed by atoms with Crippen LogP contribution in [0.25, 0.3) is 0 Å². The zero-order valence-electron chi connectivity index (χ0n) is 10.9. The van der Waals surface area contributed by atoms with Crippen molar-refractivity contribution in [2.24, 2.45) is 0 Å². The normalized spacial score (nSPS) is 17.1. The van der Waals surface area contributed by atoms with E-state index in [0.29, 0.717) is 17.5 Å². The summed E-state index contributed by atoms with van der Waals surface area (Å²) in [7, 11) is 0. The van der Waals surface area contributed by atoms with Crippen molar-refractivity contribution in [3.63, 3.8) is 0 Å². The van der Waals surface area contributed by atoms with E-state index in [1.165, 1.54) is 0 Å². The van der Waals surface area contributed by atoms with Gasteiger partial charge in [0, 0.05) is 18.8 Å². The summed E-state index contributed by atoms with van der Waals surface area (Å²) in [4.78, 5) is 8.78. The molecule has 0 N–H and O–H groups in total. The second kappa shape index (κ2) is 6.34. The fourth-order valence-electron chi connectivity index (χ4n) is 1.87. The maximum Gasteiger partial charge on any atom is 0.160 e. The predicted octanol–water partition coefficient (Wildman–Crippen LogP) is 2.90. The molecule has 1 aromatic heterocycles. The molecular weight excluding hydrogens is 252 g/mol. The minimum Gasteiger partial charge on any atom is -0.487 e. The molecule has 0 atom stereocenters. The Balaban J connectivity index is 2.11. The van der Waals surface area contributed by atoms with E-state index >= 15 is 0 Å². The quantitative estimate of drug-likeness (QED) is 0.789. The lowest BCUT2D eigenvalue weighted by molar-refractivity contribution is 0.0249. The van der Waals surface area contributed by atoms with Gasteiger partial charge in [0.2, 0.25) is 0 Å². The lowest BCUT2D eigenvalue weighted by atomic mass is 10.1. The summed E-state index contributed by atoms with van der Waals surface area (Å²) in [5.74, 6) is 2.16. The summed E-state index contributed by atoms with van der Waals surface area (Å²) in [5, 5.41) is 0. The Morgan fingerprint density at radius 2 is 2.17 bits per heavy atom. The van der Waals surface area contributed by atoms with Crippen LogP contribution in [0.15, 0.2) is 6.20 Å². The number of ether oxygens (including phenoxy) is 2. The van der Waals surface area contributed by atoms with Crippen LogP contribution >= 0.6 is 11.6 Å². The first-order valence-corrected chi connectivity index (χ1v) is 6.90. The van der Waals surface area contributed by atoms with Crippen molar-refractivity contribution in [2.45, 2.75) is 44.6 Å². The molecule has 0 saturated carbocycles. The van der Waals surface area contributed by atoms with E-state index < -0.39 is 0 Å². The number of aromatic nitrogens is 2. The Labute approximate surface area is 113 Å². The first-order chi connectivity index (χ1) is 8.70. The Hall–Kier alpha value is -0.870. The Kier molecular flexibility index (Phi) is 4.78. The van der Waals surface area contributed by atoms with Crippen LogP contribution < -0.4 is 4.74 Å². The van der Waals surface area contributed by atoms with Gasteiger partial charge in [-0.3, -0.25) is 0 Å². The largest absolute Gasteiger partial charge is 0.487 e. The van der Waals surface area contributed by atoms with Crippen molar-refractivity contribution in [2.75, 3.05) is 13.2 Å². The fraction of sp³-hybridized carbons (Fsp3) is 0.692. The molecule has 1 aromatic rings. The summed E-state index contributed by atoms with van der Waals surface area (Å²) in [6.45, 7) is 5.64. The van der Waals surface area contributed by atoms with Crippen LogP contribution in [0.2, 0.25) is 0 Å². The van der Waals surface area contributed by atoms with E-state index in [4.69, 9.17) is 21.1 Å². The van der Waals surface area contributed by atoms with Crippen LogP contribution in [0.5, 0.6) is 5.75 Å². The van der Waals surface area contributed by atoms with E-state index in [-0.39, 0.29) is 6.10 Å². The monoisotopic (exact) mass is 270 g/mol. The second-order valence-corrected chi connectivity index (χ2v) is 5.02. The van der Waals surface area contributed by atoms with Gasteiger partial charge in [0.25, 0.3) is 0 Å². The molecule has 0 aliphatic carbocycles. The van der Waals surface area contributed by atoms with Gasteiger partial charge in [-0.1, -0.05) is 13.8 Å². The van der Waals surface area contributed by atoms with E-state index in [2.05, 4.69) is 23.8 Å². The molecule has 1 fully saturated rings. The summed E-state index contributed by atoms with van der Waals surface area (Å²) in [5.41, 5.74) is 0.779. The molecule has 0 spiro atoms. The van der Waals surface area contributed by atoms with Crippen molar-refractivity contribution in [3.05, 3.63) is 17.7 Å². The van der Waals surface area contributed by atoms with Crippen LogP contribution in [0.3, 0.4) is 0 Å². The van der Waals surface area contributed by atoms with E-state index in [1.807, 2.05) is 0 Å². The number of halogens is 1. The molecule has 18 heavy (non-hydrogen) atoms. The van der Waals surface area contributed by atoms with E-state index in [1.54, 1.807) is 6.20 Å². The van der Waals surface area contributed by atoms with Gasteiger partial charge < -0.3 is 9.47 Å². The lowest BCUT2D eigenvalue weighted by Gasteiger charge is -2.24. The molecule has 0 radical (unpaired) electrons. The van der Waals surface area contributed by atoms with Crippen LogP contribution in [-0.2, 0) is 10.6 Å². The molecule has 100 valence electrons. The third-order valence-electron chi connectivity index (χ3n) is 2.95. The molecule has 0 aromatic carbocycles. The number of nitrogens with zero attached hydrogens (tertiary/aromatic N) is 2. The smallest absolute Gasteiger partial charge is 0.160 e. The number of alkyl halides is 1. The van der Waals surface area contributed by atoms with Crippen molar-refractivity contribution in [1.29, 1.82) is 0 Å². The van der Waals surface area contributed by atoms with Gasteiger partial charge in [-0.2, -0.15) is 0 Å². The third kappa shape index (κ3) is 3.33. The molecule has 1 saturated heterocycles. The summed E-state index contributed by atoms with van der Waals surface area (Å²) in [6, 6.07) is 0. The molecule has 0 unspecified atom stereocenters. The van der Waals surface area contributed by atoms with Crippen molar-refractivity contribution < 1.29 is 9.47 Å². The van der Waals surface area contributed by atoms with Gasteiger partial charge in [0.05, 0.1) is 25.3 Å². The van der Waals surface area contributed by atoms with Crippen LogP contribution in [-0.4, -0.2) is 29.3 Å². The molecule has 4 nitrogen and oxygen atoms in total. The second-order valence-electron chi connectivity index (χ2n) is 4.76. The molecule has 0 bridgehead atoms. The highest BCUT2D eigenvalue weighted by atomic mass is 35.5. The van der Waals surface area contributed by atoms with E-state index in [0.717, 1.165) is 37.6 Å². The van der Waals surface area contributed by atoms with Crippen LogP contribution in [0, 0.1) is 0 Å². The minimum absolute atomic E-state index is 0.189. The highest BCUT2D eigenvalue weighted by Gasteiger charge is 2.18.